The highest BCUT2D eigenvalue weighted by Crippen LogP contribution is 2.24. The van der Waals surface area contributed by atoms with Gasteiger partial charge in [-0.15, -0.1) is 0 Å². The molecule has 2 N–H and O–H groups in total. The summed E-state index contributed by atoms with van der Waals surface area (Å²) in [7, 11) is 0. The van der Waals surface area contributed by atoms with Crippen molar-refractivity contribution in [3.8, 4) is 0 Å². The van der Waals surface area contributed by atoms with E-state index in [1.54, 1.807) is 0 Å². The first-order valence-corrected chi connectivity index (χ1v) is 7.80. The second kappa shape index (κ2) is 7.66. The third-order valence-corrected chi connectivity index (χ3v) is 4.17. The standard InChI is InChI=1S/C17H27NO/c1-2-9-15(14-10-5-3-6-11-14)18-16-12-7-4-8-13-17(16)19/h3,5-6,10-11,15-19H,2,4,7-9,12-13H2,1H3. The molecule has 0 amide bonds. The Morgan fingerprint density at radius 3 is 2.63 bits per heavy atom. The lowest BCUT2D eigenvalue weighted by Crippen LogP contribution is -2.41. The van der Waals surface area contributed by atoms with Gasteiger partial charge in [-0.1, -0.05) is 62.9 Å². The van der Waals surface area contributed by atoms with Crippen molar-refractivity contribution >= 4 is 0 Å². The van der Waals surface area contributed by atoms with E-state index < -0.39 is 0 Å². The van der Waals surface area contributed by atoms with Crippen molar-refractivity contribution in [3.05, 3.63) is 35.9 Å². The molecule has 3 atom stereocenters. The Hall–Kier alpha value is -0.860. The van der Waals surface area contributed by atoms with E-state index in [-0.39, 0.29) is 12.1 Å². The quantitative estimate of drug-likeness (QED) is 0.790. The third kappa shape index (κ3) is 4.32. The second-order valence-corrected chi connectivity index (χ2v) is 5.73. The van der Waals surface area contributed by atoms with E-state index in [0.717, 1.165) is 25.7 Å². The number of rotatable bonds is 5. The lowest BCUT2D eigenvalue weighted by molar-refractivity contribution is 0.112. The van der Waals surface area contributed by atoms with Gasteiger partial charge in [0.05, 0.1) is 6.10 Å². The van der Waals surface area contributed by atoms with Crippen molar-refractivity contribution in [2.45, 2.75) is 70.1 Å². The fourth-order valence-corrected chi connectivity index (χ4v) is 3.06. The van der Waals surface area contributed by atoms with Crippen LogP contribution in [-0.2, 0) is 0 Å². The highest BCUT2D eigenvalue weighted by Gasteiger charge is 2.24. The maximum absolute atomic E-state index is 10.3. The minimum Gasteiger partial charge on any atom is -0.392 e. The average Bonchev–Trinajstić information content (AvgIpc) is 2.64. The van der Waals surface area contributed by atoms with Crippen LogP contribution in [0.3, 0.4) is 0 Å². The van der Waals surface area contributed by atoms with E-state index in [9.17, 15) is 5.11 Å². The molecule has 0 radical (unpaired) electrons. The van der Waals surface area contributed by atoms with Gasteiger partial charge in [-0.2, -0.15) is 0 Å². The molecular weight excluding hydrogens is 234 g/mol. The molecule has 0 saturated heterocycles. The van der Waals surface area contributed by atoms with Gasteiger partial charge in [0.25, 0.3) is 0 Å². The molecule has 19 heavy (non-hydrogen) atoms. The van der Waals surface area contributed by atoms with Gasteiger partial charge >= 0.3 is 0 Å². The fraction of sp³-hybridized carbons (Fsp3) is 0.647. The normalized spacial score (nSPS) is 25.8. The zero-order valence-electron chi connectivity index (χ0n) is 12.0. The van der Waals surface area contributed by atoms with Gasteiger partial charge < -0.3 is 10.4 Å². The summed E-state index contributed by atoms with van der Waals surface area (Å²) in [4.78, 5) is 0. The summed E-state index contributed by atoms with van der Waals surface area (Å²) >= 11 is 0. The lowest BCUT2D eigenvalue weighted by atomic mass is 9.98. The van der Waals surface area contributed by atoms with Crippen LogP contribution in [0, 0.1) is 0 Å². The molecule has 1 aliphatic carbocycles. The molecule has 1 saturated carbocycles. The molecule has 0 bridgehead atoms. The Bertz CT molecular complexity index is 352. The summed E-state index contributed by atoms with van der Waals surface area (Å²) < 4.78 is 0. The van der Waals surface area contributed by atoms with Gasteiger partial charge in [0.15, 0.2) is 0 Å². The predicted molar refractivity (Wildman–Crippen MR) is 80.1 cm³/mol. The molecule has 0 spiro atoms. The summed E-state index contributed by atoms with van der Waals surface area (Å²) in [5.74, 6) is 0. The van der Waals surface area contributed by atoms with Crippen LogP contribution >= 0.6 is 0 Å². The average molecular weight is 261 g/mol. The summed E-state index contributed by atoms with van der Waals surface area (Å²) in [6.07, 6.45) is 7.85. The van der Waals surface area contributed by atoms with Crippen molar-refractivity contribution in [2.75, 3.05) is 0 Å². The monoisotopic (exact) mass is 261 g/mol. The van der Waals surface area contributed by atoms with Gasteiger partial charge in [-0.25, -0.2) is 0 Å². The topological polar surface area (TPSA) is 32.3 Å². The second-order valence-electron chi connectivity index (χ2n) is 5.73. The SMILES string of the molecule is CCCC(NC1CCCCCC1O)c1ccccc1. The van der Waals surface area contributed by atoms with Gasteiger partial charge in [-0.05, 0) is 24.8 Å². The van der Waals surface area contributed by atoms with E-state index in [1.807, 2.05) is 0 Å². The highest BCUT2D eigenvalue weighted by molar-refractivity contribution is 5.19. The number of hydrogen-bond acceptors (Lipinski definition) is 2. The fourth-order valence-electron chi connectivity index (χ4n) is 3.06. The molecule has 1 aromatic rings. The first-order chi connectivity index (χ1) is 9.31. The van der Waals surface area contributed by atoms with Crippen molar-refractivity contribution in [1.29, 1.82) is 0 Å². The maximum Gasteiger partial charge on any atom is 0.0693 e. The van der Waals surface area contributed by atoms with Crippen LogP contribution in [0.25, 0.3) is 0 Å². The molecule has 3 unspecified atom stereocenters. The first-order valence-electron chi connectivity index (χ1n) is 7.80. The zero-order chi connectivity index (χ0) is 13.5. The van der Waals surface area contributed by atoms with E-state index in [0.29, 0.717) is 6.04 Å². The van der Waals surface area contributed by atoms with Crippen molar-refractivity contribution in [3.63, 3.8) is 0 Å². The Morgan fingerprint density at radius 1 is 1.16 bits per heavy atom. The van der Waals surface area contributed by atoms with Gasteiger partial charge in [-0.3, -0.25) is 0 Å². The number of hydrogen-bond donors (Lipinski definition) is 2. The Kier molecular flexibility index (Phi) is 5.87. The van der Waals surface area contributed by atoms with Crippen LogP contribution in [0.2, 0.25) is 0 Å². The number of aliphatic hydroxyl groups is 1. The molecule has 1 fully saturated rings. The van der Waals surface area contributed by atoms with Crippen LogP contribution in [0.15, 0.2) is 30.3 Å². The molecule has 0 heterocycles. The van der Waals surface area contributed by atoms with Gasteiger partial charge in [0.2, 0.25) is 0 Å². The van der Waals surface area contributed by atoms with Crippen molar-refractivity contribution in [1.82, 2.24) is 5.32 Å². The van der Waals surface area contributed by atoms with Crippen LogP contribution in [0.1, 0.15) is 63.5 Å². The molecule has 0 aliphatic heterocycles. The van der Waals surface area contributed by atoms with E-state index in [4.69, 9.17) is 0 Å². The molecule has 106 valence electrons. The minimum atomic E-state index is -0.175. The zero-order valence-corrected chi connectivity index (χ0v) is 12.0. The smallest absolute Gasteiger partial charge is 0.0693 e. The number of aliphatic hydroxyl groups excluding tert-OH is 1. The number of benzene rings is 1. The lowest BCUT2D eigenvalue weighted by Gasteiger charge is -2.28. The molecular formula is C17H27NO. The summed E-state index contributed by atoms with van der Waals surface area (Å²) in [5, 5.41) is 14.0. The van der Waals surface area contributed by atoms with E-state index >= 15 is 0 Å². The van der Waals surface area contributed by atoms with E-state index in [1.165, 1.54) is 24.8 Å². The Labute approximate surface area is 117 Å². The highest BCUT2D eigenvalue weighted by atomic mass is 16.3. The Morgan fingerprint density at radius 2 is 1.89 bits per heavy atom. The molecule has 2 nitrogen and oxygen atoms in total. The third-order valence-electron chi connectivity index (χ3n) is 4.17. The largest absolute Gasteiger partial charge is 0.392 e. The molecule has 1 aliphatic rings. The molecule has 2 rings (SSSR count). The van der Waals surface area contributed by atoms with Gasteiger partial charge in [0, 0.05) is 12.1 Å². The minimum absolute atomic E-state index is 0.175. The van der Waals surface area contributed by atoms with Crippen LogP contribution in [0.5, 0.6) is 0 Å². The summed E-state index contributed by atoms with van der Waals surface area (Å²) in [6, 6.07) is 11.3. The Balaban J connectivity index is 2.03. The van der Waals surface area contributed by atoms with E-state index in [2.05, 4.69) is 42.6 Å². The predicted octanol–water partition coefficient (Wildman–Crippen LogP) is 3.81. The summed E-state index contributed by atoms with van der Waals surface area (Å²) in [5.41, 5.74) is 1.35. The number of nitrogens with one attached hydrogen (secondary N) is 1. The van der Waals surface area contributed by atoms with Crippen molar-refractivity contribution in [2.24, 2.45) is 0 Å². The summed E-state index contributed by atoms with van der Waals surface area (Å²) in [6.45, 7) is 2.22. The maximum atomic E-state index is 10.3. The molecule has 2 heteroatoms. The van der Waals surface area contributed by atoms with Crippen LogP contribution in [0.4, 0.5) is 0 Å². The van der Waals surface area contributed by atoms with Crippen LogP contribution in [-0.4, -0.2) is 17.3 Å². The van der Waals surface area contributed by atoms with Crippen LogP contribution < -0.4 is 5.32 Å². The molecule has 0 aromatic heterocycles. The van der Waals surface area contributed by atoms with Gasteiger partial charge in [0.1, 0.15) is 0 Å². The molecule has 1 aromatic carbocycles. The first kappa shape index (κ1) is 14.5. The van der Waals surface area contributed by atoms with Crippen molar-refractivity contribution < 1.29 is 5.11 Å².